The number of para-hydroxylation sites is 1. The zero-order valence-electron chi connectivity index (χ0n) is 18.3. The molecule has 0 aliphatic rings. The zero-order valence-corrected chi connectivity index (χ0v) is 19.6. The first-order valence-corrected chi connectivity index (χ1v) is 10.3. The Morgan fingerprint density at radius 2 is 1.61 bits per heavy atom. The van der Waals surface area contributed by atoms with Gasteiger partial charge in [-0.05, 0) is 35.1 Å². The van der Waals surface area contributed by atoms with Crippen molar-refractivity contribution >= 4 is 21.8 Å². The number of benzene rings is 3. The summed E-state index contributed by atoms with van der Waals surface area (Å²) in [4.78, 5) is 8.72. The van der Waals surface area contributed by atoms with E-state index in [9.17, 15) is 0 Å². The third-order valence-corrected chi connectivity index (χ3v) is 5.32. The van der Waals surface area contributed by atoms with Crippen LogP contribution in [0, 0.1) is 12.1 Å². The number of aromatic nitrogens is 3. The first-order valence-electron chi connectivity index (χ1n) is 10.8. The maximum atomic E-state index is 7.57. The van der Waals surface area contributed by atoms with Crippen LogP contribution in [-0.4, -0.2) is 14.5 Å². The summed E-state index contributed by atoms with van der Waals surface area (Å²) in [5.74, 6) is 1.83. The van der Waals surface area contributed by atoms with Gasteiger partial charge in [0, 0.05) is 29.7 Å². The molecular weight excluding hydrogens is 589 g/mol. The van der Waals surface area contributed by atoms with Crippen molar-refractivity contribution < 1.29 is 27.2 Å². The molecule has 0 radical (unpaired) electrons. The average Bonchev–Trinajstić information content (AvgIpc) is 3.20. The van der Waals surface area contributed by atoms with E-state index in [0.717, 1.165) is 38.8 Å². The van der Waals surface area contributed by atoms with Crippen LogP contribution in [0.15, 0.2) is 103 Å². The fraction of sp³-hybridized carbons (Fsp3) is 0. The molecule has 0 saturated carbocycles. The van der Waals surface area contributed by atoms with Crippen molar-refractivity contribution in [2.45, 2.75) is 0 Å². The van der Waals surface area contributed by atoms with Crippen LogP contribution in [-0.2, 0) is 21.1 Å². The van der Waals surface area contributed by atoms with Gasteiger partial charge in [-0.1, -0.05) is 35.7 Å². The second kappa shape index (κ2) is 9.01. The Hall–Kier alpha value is -3.75. The van der Waals surface area contributed by atoms with Crippen LogP contribution in [0.25, 0.3) is 38.8 Å². The maximum Gasteiger partial charge on any atom is 2.00 e. The van der Waals surface area contributed by atoms with E-state index in [0.29, 0.717) is 17.7 Å². The van der Waals surface area contributed by atoms with Crippen molar-refractivity contribution in [1.29, 1.82) is 0 Å². The summed E-state index contributed by atoms with van der Waals surface area (Å²) in [5.41, 5.74) is 3.82. The molecular formula is C28H17N3OPt. The Morgan fingerprint density at radius 1 is 0.727 bits per heavy atom. The summed E-state index contributed by atoms with van der Waals surface area (Å²) in [5, 5.41) is 2.28. The molecule has 0 aliphatic carbocycles. The minimum absolute atomic E-state index is 0. The molecule has 0 bridgehead atoms. The van der Waals surface area contributed by atoms with Crippen molar-refractivity contribution in [3.05, 3.63) is 115 Å². The minimum atomic E-state index is 0. The first kappa shape index (κ1) is 19.9. The third kappa shape index (κ3) is 3.94. The van der Waals surface area contributed by atoms with Gasteiger partial charge in [-0.3, -0.25) is 0 Å². The van der Waals surface area contributed by atoms with Crippen LogP contribution in [0.3, 0.4) is 0 Å². The van der Waals surface area contributed by atoms with E-state index >= 15 is 0 Å². The molecule has 6 rings (SSSR count). The smallest absolute Gasteiger partial charge is 0.460 e. The Morgan fingerprint density at radius 3 is 2.45 bits per heavy atom. The first-order chi connectivity index (χ1) is 16.3. The van der Waals surface area contributed by atoms with Crippen LogP contribution in [0.2, 0.25) is 0 Å². The number of rotatable bonds is 4. The monoisotopic (exact) mass is 607 g/mol. The van der Waals surface area contributed by atoms with Gasteiger partial charge in [0.25, 0.3) is 0 Å². The number of hydrogen-bond donors (Lipinski definition) is 0. The molecule has 5 heteroatoms. The van der Waals surface area contributed by atoms with Crippen LogP contribution in [0.4, 0.5) is 0 Å². The molecule has 0 atom stereocenters. The van der Waals surface area contributed by atoms with Crippen LogP contribution in [0.5, 0.6) is 11.6 Å². The molecule has 0 N–H and O–H groups in total. The van der Waals surface area contributed by atoms with Gasteiger partial charge < -0.3 is 9.30 Å². The third-order valence-electron chi connectivity index (χ3n) is 5.32. The standard InChI is InChI=1S/C28H17N3O.Pt/c1-2-11-25-23(10-1)24-15-14-21(19-26(24)31(25)27-12-3-5-16-29-27)20-8-7-9-22(18-20)32-28-13-4-6-17-30-28;/h1-17H;/q-2;+2/i6D;. The maximum absolute atomic E-state index is 7.57. The predicted octanol–water partition coefficient (Wildman–Crippen LogP) is 6.63. The number of fused-ring (bicyclic) bond motifs is 3. The second-order valence-corrected chi connectivity index (χ2v) is 7.30. The van der Waals surface area contributed by atoms with Gasteiger partial charge in [-0.25, -0.2) is 21.1 Å². The van der Waals surface area contributed by atoms with E-state index in [1.807, 2.05) is 48.5 Å². The minimum Gasteiger partial charge on any atom is -0.460 e. The molecule has 3 aromatic carbocycles. The summed E-state index contributed by atoms with van der Waals surface area (Å²) < 4.78 is 15.6. The Balaban J connectivity index is 0.00000241. The van der Waals surface area contributed by atoms with Gasteiger partial charge in [-0.15, -0.1) is 18.2 Å². The second-order valence-electron chi connectivity index (χ2n) is 7.30. The fourth-order valence-corrected chi connectivity index (χ4v) is 3.92. The Kier molecular flexibility index (Phi) is 5.43. The number of hydrogen-bond acceptors (Lipinski definition) is 3. The Bertz CT molecular complexity index is 1600. The summed E-state index contributed by atoms with van der Waals surface area (Å²) in [6.45, 7) is 0. The summed E-state index contributed by atoms with van der Waals surface area (Å²) in [6, 6.07) is 34.7. The van der Waals surface area contributed by atoms with E-state index in [4.69, 9.17) is 6.11 Å². The van der Waals surface area contributed by atoms with Gasteiger partial charge in [0.05, 0.1) is 1.37 Å². The van der Waals surface area contributed by atoms with Gasteiger partial charge in [0.15, 0.2) is 0 Å². The normalized spacial score (nSPS) is 11.2. The number of nitrogens with zero attached hydrogens (tertiary/aromatic N) is 3. The molecule has 160 valence electrons. The van der Waals surface area contributed by atoms with E-state index < -0.39 is 0 Å². The molecule has 0 amide bonds. The van der Waals surface area contributed by atoms with Crippen molar-refractivity contribution in [2.75, 3.05) is 0 Å². The van der Waals surface area contributed by atoms with Crippen LogP contribution >= 0.6 is 0 Å². The van der Waals surface area contributed by atoms with Crippen LogP contribution in [0.1, 0.15) is 1.37 Å². The molecule has 0 fully saturated rings. The Labute approximate surface area is 207 Å². The number of pyridine rings is 2. The summed E-state index contributed by atoms with van der Waals surface area (Å²) >= 11 is 0. The molecule has 0 unspecified atom stereocenters. The summed E-state index contributed by atoms with van der Waals surface area (Å²) in [7, 11) is 0. The zero-order chi connectivity index (χ0) is 22.2. The molecule has 3 heterocycles. The topological polar surface area (TPSA) is 39.9 Å². The van der Waals surface area contributed by atoms with Gasteiger partial charge in [0.1, 0.15) is 5.82 Å². The van der Waals surface area contributed by atoms with Crippen LogP contribution < -0.4 is 4.74 Å². The van der Waals surface area contributed by atoms with Gasteiger partial charge >= 0.3 is 21.1 Å². The average molecular weight is 608 g/mol. The summed E-state index contributed by atoms with van der Waals surface area (Å²) in [6.07, 6.45) is 3.26. The largest absolute Gasteiger partial charge is 2.00 e. The molecule has 4 nitrogen and oxygen atoms in total. The SMILES string of the molecule is [2H]c1ccc(Oc2[c-]c(-c3[c-]c4c(cc3)c3ccccc3n4-c3ccccn3)ccc2)nc1.[Pt+2]. The molecule has 0 saturated heterocycles. The van der Waals surface area contributed by atoms with Crippen molar-refractivity contribution in [2.24, 2.45) is 0 Å². The number of ether oxygens (including phenoxy) is 1. The quantitative estimate of drug-likeness (QED) is 0.211. The van der Waals surface area contributed by atoms with Gasteiger partial charge in [0.2, 0.25) is 5.88 Å². The predicted molar refractivity (Wildman–Crippen MR) is 126 cm³/mol. The van der Waals surface area contributed by atoms with E-state index in [2.05, 4.69) is 50.9 Å². The van der Waals surface area contributed by atoms with E-state index in [-0.39, 0.29) is 21.1 Å². The van der Waals surface area contributed by atoms with E-state index in [1.54, 1.807) is 18.3 Å². The van der Waals surface area contributed by atoms with Crippen molar-refractivity contribution in [3.8, 4) is 28.6 Å². The van der Waals surface area contributed by atoms with Crippen molar-refractivity contribution in [3.63, 3.8) is 0 Å². The molecule has 0 spiro atoms. The molecule has 3 aromatic heterocycles. The van der Waals surface area contributed by atoms with E-state index in [1.165, 1.54) is 6.20 Å². The molecule has 33 heavy (non-hydrogen) atoms. The molecule has 6 aromatic rings. The fourth-order valence-electron chi connectivity index (χ4n) is 3.92. The van der Waals surface area contributed by atoms with Crippen molar-refractivity contribution in [1.82, 2.24) is 14.5 Å². The van der Waals surface area contributed by atoms with Gasteiger partial charge in [-0.2, -0.15) is 24.3 Å². The molecule has 0 aliphatic heterocycles.